The van der Waals surface area contributed by atoms with Crippen LogP contribution in [-0.2, 0) is 6.42 Å². The number of alkyl halides is 1. The minimum Gasteiger partial charge on any atom is -0.493 e. The number of hydrogen-bond acceptors (Lipinski definition) is 1. The van der Waals surface area contributed by atoms with Crippen LogP contribution < -0.4 is 4.74 Å². The molecule has 2 heteroatoms. The number of rotatable bonds is 6. The van der Waals surface area contributed by atoms with Crippen molar-refractivity contribution in [2.75, 3.05) is 12.5 Å². The zero-order valence-electron chi connectivity index (χ0n) is 11.2. The average Bonchev–Trinajstić information content (AvgIpc) is 2.48. The molecule has 0 aliphatic heterocycles. The monoisotopic (exact) mass is 274 g/mol. The maximum Gasteiger partial charge on any atom is 0.130 e. The first kappa shape index (κ1) is 14.0. The minimum atomic E-state index is 0.634. The summed E-state index contributed by atoms with van der Waals surface area (Å²) in [5.74, 6) is 1.64. The number of benzene rings is 2. The molecule has 0 saturated heterocycles. The molecule has 0 bridgehead atoms. The Hall–Kier alpha value is -1.47. The third-order valence-electron chi connectivity index (χ3n) is 3.09. The molecule has 0 unspecified atom stereocenters. The van der Waals surface area contributed by atoms with E-state index >= 15 is 0 Å². The lowest BCUT2D eigenvalue weighted by Gasteiger charge is -2.15. The summed E-state index contributed by atoms with van der Waals surface area (Å²) >= 11 is 5.72. The molecular weight excluding hydrogens is 256 g/mol. The molecule has 0 saturated carbocycles. The first-order valence-corrected chi connectivity index (χ1v) is 7.26. The zero-order chi connectivity index (χ0) is 13.5. The van der Waals surface area contributed by atoms with E-state index in [1.165, 1.54) is 11.1 Å². The van der Waals surface area contributed by atoms with Gasteiger partial charge < -0.3 is 4.74 Å². The van der Waals surface area contributed by atoms with Crippen LogP contribution in [0.15, 0.2) is 48.5 Å². The molecule has 0 aliphatic carbocycles. The molecule has 2 aromatic carbocycles. The van der Waals surface area contributed by atoms with Gasteiger partial charge in [0, 0.05) is 11.4 Å². The van der Waals surface area contributed by atoms with Crippen LogP contribution in [0.4, 0.5) is 0 Å². The Morgan fingerprint density at radius 3 is 2.47 bits per heavy atom. The Balaban J connectivity index is 2.36. The van der Waals surface area contributed by atoms with Crippen LogP contribution in [0, 0.1) is 0 Å². The molecule has 0 fully saturated rings. The van der Waals surface area contributed by atoms with E-state index in [4.69, 9.17) is 16.3 Å². The van der Waals surface area contributed by atoms with E-state index in [2.05, 4.69) is 49.4 Å². The summed E-state index contributed by atoms with van der Waals surface area (Å²) < 4.78 is 5.97. The second-order valence-corrected chi connectivity index (χ2v) is 4.78. The van der Waals surface area contributed by atoms with Crippen molar-refractivity contribution < 1.29 is 4.74 Å². The Bertz CT molecular complexity index is 508. The maximum atomic E-state index is 5.97. The van der Waals surface area contributed by atoms with Crippen molar-refractivity contribution in [2.24, 2.45) is 0 Å². The number of halogens is 1. The van der Waals surface area contributed by atoms with Gasteiger partial charge in [0.1, 0.15) is 5.75 Å². The van der Waals surface area contributed by atoms with Gasteiger partial charge in [0.25, 0.3) is 0 Å². The lowest BCUT2D eigenvalue weighted by atomic mass is 10.0. The van der Waals surface area contributed by atoms with Crippen LogP contribution in [0.25, 0.3) is 11.1 Å². The summed E-state index contributed by atoms with van der Waals surface area (Å²) in [4.78, 5) is 0. The van der Waals surface area contributed by atoms with Crippen LogP contribution in [-0.4, -0.2) is 12.5 Å². The molecule has 19 heavy (non-hydrogen) atoms. The van der Waals surface area contributed by atoms with E-state index in [0.29, 0.717) is 12.5 Å². The largest absolute Gasteiger partial charge is 0.493 e. The molecule has 0 N–H and O–H groups in total. The van der Waals surface area contributed by atoms with Crippen LogP contribution in [0.2, 0.25) is 0 Å². The van der Waals surface area contributed by atoms with Gasteiger partial charge in [-0.1, -0.05) is 55.5 Å². The molecule has 0 aliphatic rings. The summed E-state index contributed by atoms with van der Waals surface area (Å²) in [6.45, 7) is 2.82. The quantitative estimate of drug-likeness (QED) is 0.536. The molecule has 0 amide bonds. The Morgan fingerprint density at radius 1 is 1.00 bits per heavy atom. The van der Waals surface area contributed by atoms with Crippen LogP contribution in [0.3, 0.4) is 0 Å². The van der Waals surface area contributed by atoms with E-state index in [1.807, 2.05) is 6.07 Å². The lowest BCUT2D eigenvalue weighted by molar-refractivity contribution is 0.316. The molecule has 0 spiro atoms. The average molecular weight is 275 g/mol. The van der Waals surface area contributed by atoms with Crippen LogP contribution >= 0.6 is 11.6 Å². The van der Waals surface area contributed by atoms with Gasteiger partial charge in [-0.2, -0.15) is 0 Å². The molecular formula is C17H19ClO. The highest BCUT2D eigenvalue weighted by atomic mass is 35.5. The molecule has 0 aromatic heterocycles. The van der Waals surface area contributed by atoms with Crippen molar-refractivity contribution in [3.05, 3.63) is 54.1 Å². The van der Waals surface area contributed by atoms with E-state index in [-0.39, 0.29) is 0 Å². The van der Waals surface area contributed by atoms with E-state index in [9.17, 15) is 0 Å². The van der Waals surface area contributed by atoms with Crippen molar-refractivity contribution in [3.8, 4) is 16.9 Å². The normalized spacial score (nSPS) is 10.4. The molecule has 0 atom stereocenters. The number of para-hydroxylation sites is 1. The first-order chi connectivity index (χ1) is 9.36. The van der Waals surface area contributed by atoms with Crippen molar-refractivity contribution in [2.45, 2.75) is 19.8 Å². The van der Waals surface area contributed by atoms with E-state index in [1.54, 1.807) is 0 Å². The number of aryl methyl sites for hydroxylation is 1. The zero-order valence-corrected chi connectivity index (χ0v) is 12.0. The van der Waals surface area contributed by atoms with Gasteiger partial charge in [-0.15, -0.1) is 11.6 Å². The summed E-state index contributed by atoms with van der Waals surface area (Å²) in [6.07, 6.45) is 1.84. The van der Waals surface area contributed by atoms with Crippen molar-refractivity contribution in [1.82, 2.24) is 0 Å². The number of ether oxygens (including phenoxy) is 1. The SMILES string of the molecule is CCc1cccc(-c2ccccc2)c1OCCCCl. The highest BCUT2D eigenvalue weighted by Gasteiger charge is 2.10. The van der Waals surface area contributed by atoms with Gasteiger partial charge in [0.15, 0.2) is 0 Å². The second kappa shape index (κ2) is 7.20. The summed E-state index contributed by atoms with van der Waals surface area (Å²) in [5.41, 5.74) is 3.60. The third kappa shape index (κ3) is 3.51. The van der Waals surface area contributed by atoms with E-state index in [0.717, 1.165) is 24.2 Å². The first-order valence-electron chi connectivity index (χ1n) is 6.73. The van der Waals surface area contributed by atoms with Crippen LogP contribution in [0.1, 0.15) is 18.9 Å². The van der Waals surface area contributed by atoms with Crippen molar-refractivity contribution in [1.29, 1.82) is 0 Å². The fraction of sp³-hybridized carbons (Fsp3) is 0.294. The fourth-order valence-corrected chi connectivity index (χ4v) is 2.22. The molecule has 2 rings (SSSR count). The Labute approximate surface area is 120 Å². The summed E-state index contributed by atoms with van der Waals surface area (Å²) in [6, 6.07) is 16.7. The van der Waals surface area contributed by atoms with E-state index < -0.39 is 0 Å². The highest BCUT2D eigenvalue weighted by Crippen LogP contribution is 2.33. The topological polar surface area (TPSA) is 9.23 Å². The maximum absolute atomic E-state index is 5.97. The fourth-order valence-electron chi connectivity index (χ4n) is 2.11. The minimum absolute atomic E-state index is 0.634. The van der Waals surface area contributed by atoms with Crippen molar-refractivity contribution in [3.63, 3.8) is 0 Å². The second-order valence-electron chi connectivity index (χ2n) is 4.40. The molecule has 1 nitrogen and oxygen atoms in total. The smallest absolute Gasteiger partial charge is 0.130 e. The van der Waals surface area contributed by atoms with Gasteiger partial charge in [0.2, 0.25) is 0 Å². The molecule has 0 heterocycles. The third-order valence-corrected chi connectivity index (χ3v) is 3.35. The number of hydrogen-bond donors (Lipinski definition) is 0. The predicted octanol–water partition coefficient (Wildman–Crippen LogP) is 4.92. The molecule has 2 aromatic rings. The van der Waals surface area contributed by atoms with Gasteiger partial charge in [-0.25, -0.2) is 0 Å². The standard InChI is InChI=1S/C17H19ClO/c1-2-14-10-6-11-16(15-8-4-3-5-9-15)17(14)19-13-7-12-18/h3-6,8-11H,2,7,12-13H2,1H3. The van der Waals surface area contributed by atoms with Gasteiger partial charge in [0.05, 0.1) is 6.61 Å². The molecule has 0 radical (unpaired) electrons. The summed E-state index contributed by atoms with van der Waals surface area (Å²) in [5, 5.41) is 0. The Kier molecular flexibility index (Phi) is 5.29. The van der Waals surface area contributed by atoms with Crippen molar-refractivity contribution >= 4 is 11.6 Å². The van der Waals surface area contributed by atoms with Gasteiger partial charge in [-0.05, 0) is 24.0 Å². The predicted molar refractivity (Wildman–Crippen MR) is 82.1 cm³/mol. The summed E-state index contributed by atoms with van der Waals surface area (Å²) in [7, 11) is 0. The van der Waals surface area contributed by atoms with Gasteiger partial charge >= 0.3 is 0 Å². The lowest BCUT2D eigenvalue weighted by Crippen LogP contribution is -2.02. The Morgan fingerprint density at radius 2 is 1.79 bits per heavy atom. The molecule has 100 valence electrons. The highest BCUT2D eigenvalue weighted by molar-refractivity contribution is 6.17. The van der Waals surface area contributed by atoms with Gasteiger partial charge in [-0.3, -0.25) is 0 Å². The van der Waals surface area contributed by atoms with Crippen LogP contribution in [0.5, 0.6) is 5.75 Å².